The molecule has 1 unspecified atom stereocenters. The van der Waals surface area contributed by atoms with Crippen LogP contribution < -0.4 is 4.74 Å². The topological polar surface area (TPSA) is 26.3 Å². The molecule has 2 nitrogen and oxygen atoms in total. The Morgan fingerprint density at radius 3 is 2.69 bits per heavy atom. The molecule has 0 saturated heterocycles. The summed E-state index contributed by atoms with van der Waals surface area (Å²) in [5.41, 5.74) is 0. The lowest BCUT2D eigenvalue weighted by molar-refractivity contribution is -0.117. The van der Waals surface area contributed by atoms with Crippen LogP contribution in [0, 0.1) is 0 Å². The average Bonchev–Trinajstić information content (AvgIpc) is 2.60. The van der Waals surface area contributed by atoms with E-state index < -0.39 is 0 Å². The van der Waals surface area contributed by atoms with Crippen molar-refractivity contribution in [3.8, 4) is 5.75 Å². The Morgan fingerprint density at radius 1 is 1.31 bits per heavy atom. The summed E-state index contributed by atoms with van der Waals surface area (Å²) < 4.78 is 6.38. The molecular formula is C11H9BrCl2O2. The maximum atomic E-state index is 11.1. The number of hydrogen-bond donors (Lipinski definition) is 0. The molecule has 16 heavy (non-hydrogen) atoms. The van der Waals surface area contributed by atoms with Gasteiger partial charge in [-0.1, -0.05) is 23.2 Å². The molecule has 1 aliphatic carbocycles. The fraction of sp³-hybridized carbons (Fsp3) is 0.364. The third-order valence-corrected chi connectivity index (χ3v) is 3.96. The van der Waals surface area contributed by atoms with Gasteiger partial charge in [-0.05, 0) is 28.4 Å². The Bertz CT molecular complexity index is 434. The van der Waals surface area contributed by atoms with Crippen LogP contribution in [0.1, 0.15) is 19.3 Å². The van der Waals surface area contributed by atoms with Gasteiger partial charge in [-0.3, -0.25) is 4.79 Å². The van der Waals surface area contributed by atoms with Crippen molar-refractivity contribution in [2.45, 2.75) is 25.4 Å². The lowest BCUT2D eigenvalue weighted by atomic mass is 10.3. The third kappa shape index (κ3) is 2.70. The molecule has 0 N–H and O–H groups in total. The van der Waals surface area contributed by atoms with Gasteiger partial charge in [0.25, 0.3) is 0 Å². The standard InChI is InChI=1S/C11H9BrCl2O2/c12-8-4-10(14)11(5-9(8)13)16-7-2-1-6(15)3-7/h4-5,7H,1-3H2. The predicted octanol–water partition coefficient (Wildman–Crippen LogP) is 4.26. The zero-order valence-corrected chi connectivity index (χ0v) is 11.4. The third-order valence-electron chi connectivity index (χ3n) is 2.47. The van der Waals surface area contributed by atoms with E-state index in [0.717, 1.165) is 10.9 Å². The van der Waals surface area contributed by atoms with E-state index >= 15 is 0 Å². The number of carbonyl (C=O) groups excluding carboxylic acids is 1. The first-order valence-corrected chi connectivity index (χ1v) is 6.44. The van der Waals surface area contributed by atoms with Gasteiger partial charge in [-0.15, -0.1) is 0 Å². The average molecular weight is 324 g/mol. The molecule has 1 saturated carbocycles. The van der Waals surface area contributed by atoms with Crippen molar-refractivity contribution in [2.75, 3.05) is 0 Å². The minimum Gasteiger partial charge on any atom is -0.488 e. The highest BCUT2D eigenvalue weighted by Crippen LogP contribution is 2.35. The summed E-state index contributed by atoms with van der Waals surface area (Å²) in [7, 11) is 0. The van der Waals surface area contributed by atoms with Gasteiger partial charge in [-0.2, -0.15) is 0 Å². The van der Waals surface area contributed by atoms with E-state index in [4.69, 9.17) is 27.9 Å². The van der Waals surface area contributed by atoms with Gasteiger partial charge in [0.2, 0.25) is 0 Å². The molecule has 1 aliphatic rings. The van der Waals surface area contributed by atoms with Crippen molar-refractivity contribution < 1.29 is 9.53 Å². The van der Waals surface area contributed by atoms with Crippen LogP contribution in [0.5, 0.6) is 5.75 Å². The number of carbonyl (C=O) groups is 1. The van der Waals surface area contributed by atoms with E-state index in [0.29, 0.717) is 28.6 Å². The predicted molar refractivity (Wildman–Crippen MR) is 67.4 cm³/mol. The van der Waals surface area contributed by atoms with Crippen LogP contribution in [0.2, 0.25) is 10.0 Å². The summed E-state index contributed by atoms with van der Waals surface area (Å²) in [6.07, 6.45) is 1.74. The molecule has 0 bridgehead atoms. The monoisotopic (exact) mass is 322 g/mol. The van der Waals surface area contributed by atoms with E-state index in [9.17, 15) is 4.79 Å². The maximum absolute atomic E-state index is 11.1. The molecule has 0 heterocycles. The second-order valence-corrected chi connectivity index (χ2v) is 5.39. The van der Waals surface area contributed by atoms with E-state index in [2.05, 4.69) is 15.9 Å². The van der Waals surface area contributed by atoms with Crippen molar-refractivity contribution >= 4 is 44.9 Å². The van der Waals surface area contributed by atoms with Gasteiger partial charge in [0, 0.05) is 23.4 Å². The number of benzene rings is 1. The minimum atomic E-state index is -0.0674. The zero-order valence-electron chi connectivity index (χ0n) is 8.30. The number of ketones is 1. The Kier molecular flexibility index (Phi) is 3.77. The smallest absolute Gasteiger partial charge is 0.139 e. The van der Waals surface area contributed by atoms with Crippen molar-refractivity contribution in [2.24, 2.45) is 0 Å². The van der Waals surface area contributed by atoms with E-state index in [1.165, 1.54) is 0 Å². The Balaban J connectivity index is 2.15. The fourth-order valence-electron chi connectivity index (χ4n) is 1.65. The second-order valence-electron chi connectivity index (χ2n) is 3.72. The lowest BCUT2D eigenvalue weighted by Crippen LogP contribution is -2.12. The minimum absolute atomic E-state index is 0.0674. The van der Waals surface area contributed by atoms with Crippen molar-refractivity contribution in [3.05, 3.63) is 26.7 Å². The number of rotatable bonds is 2. The van der Waals surface area contributed by atoms with E-state index in [1.54, 1.807) is 12.1 Å². The summed E-state index contributed by atoms with van der Waals surface area (Å²) in [6.45, 7) is 0. The van der Waals surface area contributed by atoms with Gasteiger partial charge < -0.3 is 4.74 Å². The van der Waals surface area contributed by atoms with Crippen LogP contribution in [-0.2, 0) is 4.79 Å². The van der Waals surface area contributed by atoms with Gasteiger partial charge >= 0.3 is 0 Å². The first-order chi connectivity index (χ1) is 7.56. The normalized spacial score (nSPS) is 20.2. The van der Waals surface area contributed by atoms with Crippen LogP contribution in [-0.4, -0.2) is 11.9 Å². The van der Waals surface area contributed by atoms with Crippen molar-refractivity contribution in [3.63, 3.8) is 0 Å². The Labute approximate surface area is 112 Å². The summed E-state index contributed by atoms with van der Waals surface area (Å²) in [4.78, 5) is 11.1. The van der Waals surface area contributed by atoms with Crippen molar-refractivity contribution in [1.29, 1.82) is 0 Å². The Morgan fingerprint density at radius 2 is 2.06 bits per heavy atom. The lowest BCUT2D eigenvalue weighted by Gasteiger charge is -2.14. The number of hydrogen-bond acceptors (Lipinski definition) is 2. The highest BCUT2D eigenvalue weighted by atomic mass is 79.9. The summed E-state index contributed by atoms with van der Waals surface area (Å²) in [6, 6.07) is 3.35. The number of halogens is 3. The largest absolute Gasteiger partial charge is 0.488 e. The van der Waals surface area contributed by atoms with Gasteiger partial charge in [0.1, 0.15) is 17.6 Å². The van der Waals surface area contributed by atoms with Gasteiger partial charge in [0.15, 0.2) is 0 Å². The molecule has 1 aromatic rings. The highest BCUT2D eigenvalue weighted by molar-refractivity contribution is 9.10. The van der Waals surface area contributed by atoms with E-state index in [1.807, 2.05) is 0 Å². The van der Waals surface area contributed by atoms with Crippen LogP contribution >= 0.6 is 39.1 Å². The molecule has 0 aliphatic heterocycles. The molecule has 0 amide bonds. The summed E-state index contributed by atoms with van der Waals surface area (Å²) in [5.74, 6) is 0.777. The SMILES string of the molecule is O=C1CCC(Oc2cc(Cl)c(Br)cc2Cl)C1. The fourth-order valence-corrected chi connectivity index (χ4v) is 2.49. The molecule has 2 rings (SSSR count). The molecule has 0 spiro atoms. The van der Waals surface area contributed by atoms with Crippen LogP contribution in [0.25, 0.3) is 0 Å². The van der Waals surface area contributed by atoms with Crippen LogP contribution in [0.4, 0.5) is 0 Å². The quantitative estimate of drug-likeness (QED) is 0.760. The molecule has 86 valence electrons. The maximum Gasteiger partial charge on any atom is 0.139 e. The number of ether oxygens (including phenoxy) is 1. The van der Waals surface area contributed by atoms with E-state index in [-0.39, 0.29) is 11.9 Å². The van der Waals surface area contributed by atoms with Crippen LogP contribution in [0.3, 0.4) is 0 Å². The van der Waals surface area contributed by atoms with Gasteiger partial charge in [0.05, 0.1) is 10.0 Å². The first-order valence-electron chi connectivity index (χ1n) is 4.89. The molecule has 5 heteroatoms. The second kappa shape index (κ2) is 4.94. The molecule has 0 aromatic heterocycles. The van der Waals surface area contributed by atoms with Crippen molar-refractivity contribution in [1.82, 2.24) is 0 Å². The summed E-state index contributed by atoms with van der Waals surface area (Å²) in [5, 5.41) is 1.04. The first kappa shape index (κ1) is 12.2. The number of Topliss-reactive ketones (excluding diaryl/α,β-unsaturated/α-hetero) is 1. The summed E-state index contributed by atoms with van der Waals surface area (Å²) >= 11 is 15.2. The molecular weight excluding hydrogens is 315 g/mol. The molecule has 1 fully saturated rings. The molecule has 1 atom stereocenters. The highest BCUT2D eigenvalue weighted by Gasteiger charge is 2.24. The Hall–Kier alpha value is -0.250. The van der Waals surface area contributed by atoms with Gasteiger partial charge in [-0.25, -0.2) is 0 Å². The zero-order chi connectivity index (χ0) is 11.7. The molecule has 1 aromatic carbocycles. The van der Waals surface area contributed by atoms with Crippen LogP contribution in [0.15, 0.2) is 16.6 Å². The molecule has 0 radical (unpaired) electrons.